The summed E-state index contributed by atoms with van der Waals surface area (Å²) in [5.74, 6) is 0.0908. The fourth-order valence-electron chi connectivity index (χ4n) is 3.08. The van der Waals surface area contributed by atoms with Gasteiger partial charge in [0.25, 0.3) is 0 Å². The van der Waals surface area contributed by atoms with Crippen molar-refractivity contribution in [3.63, 3.8) is 0 Å². The Kier molecular flexibility index (Phi) is 5.03. The summed E-state index contributed by atoms with van der Waals surface area (Å²) in [4.78, 5) is 11.3. The molecule has 2 N–H and O–H groups in total. The first-order valence-corrected chi connectivity index (χ1v) is 8.92. The van der Waals surface area contributed by atoms with E-state index >= 15 is 0 Å². The number of aromatic nitrogens is 5. The molecule has 0 unspecified atom stereocenters. The predicted octanol–water partition coefficient (Wildman–Crippen LogP) is 2.54. The Morgan fingerprint density at radius 3 is 2.86 bits per heavy atom. The molecule has 29 heavy (non-hydrogen) atoms. The second-order valence-electron chi connectivity index (χ2n) is 6.65. The van der Waals surface area contributed by atoms with Gasteiger partial charge in [0.1, 0.15) is 36.0 Å². The van der Waals surface area contributed by atoms with Crippen LogP contribution in [-0.4, -0.2) is 56.1 Å². The molecule has 0 fully saturated rings. The summed E-state index contributed by atoms with van der Waals surface area (Å²) < 4.78 is 32.7. The number of fused-ring (bicyclic) bond motifs is 2. The molecule has 0 aromatic carbocycles. The van der Waals surface area contributed by atoms with Gasteiger partial charge in [-0.15, -0.1) is 0 Å². The van der Waals surface area contributed by atoms with Crippen molar-refractivity contribution in [1.82, 2.24) is 24.6 Å². The fourth-order valence-corrected chi connectivity index (χ4v) is 3.08. The maximum Gasteiger partial charge on any atom is 0.247 e. The summed E-state index contributed by atoms with van der Waals surface area (Å²) in [7, 11) is 1.50. The molecular weight excluding hydrogens is 381 g/mol. The number of hydrogen-bond donors (Lipinski definition) is 2. The minimum absolute atomic E-state index is 0.0457. The molecule has 0 aliphatic rings. The number of H-pyrrole nitrogens is 1. The number of nitrogens with zero attached hydrogens (tertiary/aromatic N) is 4. The number of halogens is 1. The van der Waals surface area contributed by atoms with Gasteiger partial charge in [-0.05, 0) is 19.9 Å². The van der Waals surface area contributed by atoms with Crippen LogP contribution >= 0.6 is 0 Å². The van der Waals surface area contributed by atoms with Gasteiger partial charge < -0.3 is 24.3 Å². The Hall–Kier alpha value is -3.24. The van der Waals surface area contributed by atoms with Crippen molar-refractivity contribution in [2.45, 2.75) is 20.0 Å². The number of pyridine rings is 1. The molecule has 10 heteroatoms. The lowest BCUT2D eigenvalue weighted by atomic mass is 10.3. The lowest BCUT2D eigenvalue weighted by molar-refractivity contribution is 0.0324. The van der Waals surface area contributed by atoms with Gasteiger partial charge in [-0.25, -0.2) is 13.9 Å². The molecule has 0 bridgehead atoms. The van der Waals surface area contributed by atoms with E-state index in [-0.39, 0.29) is 24.8 Å². The summed E-state index contributed by atoms with van der Waals surface area (Å²) in [5.41, 5.74) is 2.46. The van der Waals surface area contributed by atoms with Crippen LogP contribution in [0.5, 0.6) is 17.4 Å². The third-order valence-electron chi connectivity index (χ3n) is 4.44. The van der Waals surface area contributed by atoms with Crippen LogP contribution in [0.2, 0.25) is 0 Å². The first-order chi connectivity index (χ1) is 14.0. The second-order valence-corrected chi connectivity index (χ2v) is 6.65. The zero-order valence-corrected chi connectivity index (χ0v) is 16.1. The monoisotopic (exact) mass is 401 g/mol. The third-order valence-corrected chi connectivity index (χ3v) is 4.44. The zero-order chi connectivity index (χ0) is 20.5. The average molecular weight is 401 g/mol. The number of hydrogen-bond acceptors (Lipinski definition) is 7. The van der Waals surface area contributed by atoms with Crippen LogP contribution in [0.25, 0.3) is 16.6 Å². The highest BCUT2D eigenvalue weighted by molar-refractivity contribution is 5.79. The summed E-state index contributed by atoms with van der Waals surface area (Å²) in [5, 5.41) is 14.3. The molecule has 1 atom stereocenters. The van der Waals surface area contributed by atoms with E-state index in [0.717, 1.165) is 5.69 Å². The maximum absolute atomic E-state index is 14.9. The number of nitrogens with one attached hydrogen (secondary N) is 1. The van der Waals surface area contributed by atoms with E-state index in [1.165, 1.54) is 24.1 Å². The summed E-state index contributed by atoms with van der Waals surface area (Å²) in [6, 6.07) is 1.67. The standard InChI is InChI=1S/C19H20FN5O4/c1-10-4-13-16(20)14(5-21-18(13)24-10)29-19-17-11(2)15(6-25(17)23-9-22-19)28-8-12(26)7-27-3/h4-6,9,12,26H,7-8H2,1-3H3,(H,21,24)/t12-/m0/s1. The van der Waals surface area contributed by atoms with E-state index in [1.807, 2.05) is 6.92 Å². The molecule has 0 aliphatic heterocycles. The number of aliphatic hydroxyl groups excluding tert-OH is 1. The largest absolute Gasteiger partial charge is 0.489 e. The minimum Gasteiger partial charge on any atom is -0.489 e. The van der Waals surface area contributed by atoms with E-state index in [2.05, 4.69) is 20.1 Å². The SMILES string of the molecule is COC[C@H](O)COc1cn2ncnc(Oc3cnc4[nH]c(C)cc4c3F)c2c1C. The molecule has 4 aromatic rings. The second kappa shape index (κ2) is 7.64. The lowest BCUT2D eigenvalue weighted by Crippen LogP contribution is -2.22. The van der Waals surface area contributed by atoms with Crippen LogP contribution < -0.4 is 9.47 Å². The van der Waals surface area contributed by atoms with Crippen LogP contribution in [0.3, 0.4) is 0 Å². The molecule has 0 aliphatic carbocycles. The molecule has 0 amide bonds. The zero-order valence-electron chi connectivity index (χ0n) is 16.1. The van der Waals surface area contributed by atoms with Gasteiger partial charge in [-0.2, -0.15) is 10.1 Å². The van der Waals surface area contributed by atoms with E-state index in [9.17, 15) is 9.50 Å². The number of rotatable bonds is 7. The molecular formula is C19H20FN5O4. The van der Waals surface area contributed by atoms with Gasteiger partial charge in [0.15, 0.2) is 11.6 Å². The Bertz CT molecular complexity index is 1170. The van der Waals surface area contributed by atoms with E-state index in [1.54, 1.807) is 19.2 Å². The van der Waals surface area contributed by atoms with E-state index in [4.69, 9.17) is 14.2 Å². The van der Waals surface area contributed by atoms with Crippen molar-refractivity contribution in [2.24, 2.45) is 0 Å². The highest BCUT2D eigenvalue weighted by Crippen LogP contribution is 2.34. The van der Waals surface area contributed by atoms with Crippen molar-refractivity contribution in [3.8, 4) is 17.4 Å². The molecule has 4 heterocycles. The van der Waals surface area contributed by atoms with E-state index < -0.39 is 11.9 Å². The fraction of sp³-hybridized carbons (Fsp3) is 0.316. The van der Waals surface area contributed by atoms with Crippen molar-refractivity contribution < 1.29 is 23.7 Å². The lowest BCUT2D eigenvalue weighted by Gasteiger charge is -2.10. The van der Waals surface area contributed by atoms with Gasteiger partial charge in [0.2, 0.25) is 5.88 Å². The quantitative estimate of drug-likeness (QED) is 0.490. The molecule has 0 saturated carbocycles. The molecule has 9 nitrogen and oxygen atoms in total. The number of ether oxygens (including phenoxy) is 3. The van der Waals surface area contributed by atoms with Crippen molar-refractivity contribution in [2.75, 3.05) is 20.3 Å². The Balaban J connectivity index is 1.67. The van der Waals surface area contributed by atoms with Crippen LogP contribution in [0.4, 0.5) is 4.39 Å². The number of aryl methyl sites for hydroxylation is 2. The molecule has 0 spiro atoms. The summed E-state index contributed by atoms with van der Waals surface area (Å²) in [6.45, 7) is 3.84. The van der Waals surface area contributed by atoms with Gasteiger partial charge in [0.05, 0.1) is 24.4 Å². The molecule has 0 radical (unpaired) electrons. The third kappa shape index (κ3) is 3.59. The van der Waals surface area contributed by atoms with Crippen molar-refractivity contribution >= 4 is 16.6 Å². The van der Waals surface area contributed by atoms with Crippen LogP contribution in [0, 0.1) is 19.7 Å². The Morgan fingerprint density at radius 2 is 2.07 bits per heavy atom. The minimum atomic E-state index is -0.763. The summed E-state index contributed by atoms with van der Waals surface area (Å²) in [6.07, 6.45) is 3.49. The number of aliphatic hydroxyl groups is 1. The predicted molar refractivity (Wildman–Crippen MR) is 102 cm³/mol. The smallest absolute Gasteiger partial charge is 0.247 e. The highest BCUT2D eigenvalue weighted by Gasteiger charge is 2.19. The topological polar surface area (TPSA) is 107 Å². The number of aromatic amines is 1. The van der Waals surface area contributed by atoms with E-state index in [0.29, 0.717) is 27.9 Å². The molecule has 4 rings (SSSR count). The molecule has 0 saturated heterocycles. The maximum atomic E-state index is 14.9. The van der Waals surface area contributed by atoms with Crippen LogP contribution in [0.15, 0.2) is 24.8 Å². The van der Waals surface area contributed by atoms with Crippen molar-refractivity contribution in [3.05, 3.63) is 41.9 Å². The van der Waals surface area contributed by atoms with Crippen LogP contribution in [0.1, 0.15) is 11.3 Å². The van der Waals surface area contributed by atoms with Gasteiger partial charge in [-0.3, -0.25) is 0 Å². The Labute approximate surface area is 165 Å². The van der Waals surface area contributed by atoms with Gasteiger partial charge >= 0.3 is 0 Å². The van der Waals surface area contributed by atoms with Crippen molar-refractivity contribution in [1.29, 1.82) is 0 Å². The summed E-state index contributed by atoms with van der Waals surface area (Å²) >= 11 is 0. The normalized spacial score (nSPS) is 12.6. The highest BCUT2D eigenvalue weighted by atomic mass is 19.1. The first kappa shape index (κ1) is 19.1. The van der Waals surface area contributed by atoms with Gasteiger partial charge in [-0.1, -0.05) is 0 Å². The number of methoxy groups -OCH3 is 1. The Morgan fingerprint density at radius 1 is 1.24 bits per heavy atom. The molecule has 152 valence electrons. The van der Waals surface area contributed by atoms with Gasteiger partial charge in [0, 0.05) is 18.4 Å². The average Bonchev–Trinajstić information content (AvgIpc) is 3.23. The molecule has 4 aromatic heterocycles. The van der Waals surface area contributed by atoms with Crippen LogP contribution in [-0.2, 0) is 4.74 Å². The first-order valence-electron chi connectivity index (χ1n) is 8.92.